The zero-order chi connectivity index (χ0) is 16.5. The Hall–Kier alpha value is -2.56. The van der Waals surface area contributed by atoms with E-state index in [4.69, 9.17) is 4.42 Å². The van der Waals surface area contributed by atoms with Crippen LogP contribution in [0.25, 0.3) is 0 Å². The van der Waals surface area contributed by atoms with Gasteiger partial charge < -0.3 is 15.1 Å². The van der Waals surface area contributed by atoms with Gasteiger partial charge in [0.2, 0.25) is 11.8 Å². The van der Waals surface area contributed by atoms with E-state index < -0.39 is 6.04 Å². The molecular weight excluding hydrogens is 292 g/mol. The van der Waals surface area contributed by atoms with Gasteiger partial charge >= 0.3 is 0 Å². The maximum atomic E-state index is 12.4. The summed E-state index contributed by atoms with van der Waals surface area (Å²) in [5.74, 6) is 0.355. The molecule has 0 aliphatic carbocycles. The highest BCUT2D eigenvalue weighted by atomic mass is 16.3. The molecule has 1 aromatic carbocycles. The van der Waals surface area contributed by atoms with Crippen molar-refractivity contribution in [3.63, 3.8) is 0 Å². The molecule has 0 aliphatic rings. The maximum absolute atomic E-state index is 12.4. The van der Waals surface area contributed by atoms with Crippen molar-refractivity contribution in [2.24, 2.45) is 0 Å². The van der Waals surface area contributed by atoms with Crippen molar-refractivity contribution in [2.45, 2.75) is 38.8 Å². The lowest BCUT2D eigenvalue weighted by molar-refractivity contribution is -0.129. The van der Waals surface area contributed by atoms with E-state index in [9.17, 15) is 9.59 Å². The van der Waals surface area contributed by atoms with Gasteiger partial charge in [0, 0.05) is 12.8 Å². The third kappa shape index (κ3) is 5.62. The van der Waals surface area contributed by atoms with E-state index in [0.29, 0.717) is 25.1 Å². The Morgan fingerprint density at radius 3 is 2.57 bits per heavy atom. The number of amides is 2. The summed E-state index contributed by atoms with van der Waals surface area (Å²) < 4.78 is 5.20. The quantitative estimate of drug-likeness (QED) is 0.786. The van der Waals surface area contributed by atoms with Gasteiger partial charge in [-0.1, -0.05) is 37.3 Å². The minimum absolute atomic E-state index is 0.110. The molecule has 122 valence electrons. The van der Waals surface area contributed by atoms with Crippen molar-refractivity contribution in [1.29, 1.82) is 0 Å². The fourth-order valence-electron chi connectivity index (χ4n) is 2.26. The molecule has 0 fully saturated rings. The number of benzene rings is 1. The molecule has 5 heteroatoms. The highest BCUT2D eigenvalue weighted by molar-refractivity contribution is 5.87. The first-order valence-electron chi connectivity index (χ1n) is 7.82. The number of hydrogen-bond acceptors (Lipinski definition) is 3. The minimum Gasteiger partial charge on any atom is -0.467 e. The first kappa shape index (κ1) is 16.8. The lowest BCUT2D eigenvalue weighted by Crippen LogP contribution is -2.47. The third-order valence-electron chi connectivity index (χ3n) is 3.43. The Balaban J connectivity index is 1.99. The second-order valence-electron chi connectivity index (χ2n) is 5.36. The Kier molecular flexibility index (Phi) is 6.41. The van der Waals surface area contributed by atoms with Crippen molar-refractivity contribution in [1.82, 2.24) is 10.6 Å². The highest BCUT2D eigenvalue weighted by Gasteiger charge is 2.20. The number of carbonyl (C=O) groups excluding carboxylic acids is 2. The fourth-order valence-corrected chi connectivity index (χ4v) is 2.26. The van der Waals surface area contributed by atoms with Gasteiger partial charge in [0.25, 0.3) is 0 Å². The summed E-state index contributed by atoms with van der Waals surface area (Å²) in [6, 6.07) is 12.6. The van der Waals surface area contributed by atoms with Gasteiger partial charge in [0.15, 0.2) is 0 Å². The van der Waals surface area contributed by atoms with Gasteiger partial charge in [-0.2, -0.15) is 0 Å². The molecule has 0 spiro atoms. The average molecular weight is 314 g/mol. The summed E-state index contributed by atoms with van der Waals surface area (Å²) >= 11 is 0. The van der Waals surface area contributed by atoms with E-state index in [1.165, 1.54) is 0 Å². The van der Waals surface area contributed by atoms with Crippen LogP contribution in [0.5, 0.6) is 0 Å². The van der Waals surface area contributed by atoms with Crippen molar-refractivity contribution >= 4 is 11.8 Å². The molecule has 1 atom stereocenters. The average Bonchev–Trinajstić information content (AvgIpc) is 3.06. The van der Waals surface area contributed by atoms with Crippen LogP contribution in [-0.2, 0) is 22.6 Å². The SMILES string of the molecule is CCCC(=O)N[C@@H](Cc1ccccc1)C(=O)NCc1ccco1. The van der Waals surface area contributed by atoms with Gasteiger partial charge in [0.1, 0.15) is 11.8 Å². The predicted octanol–water partition coefficient (Wildman–Crippen LogP) is 2.42. The topological polar surface area (TPSA) is 71.3 Å². The molecule has 0 saturated carbocycles. The molecule has 0 unspecified atom stereocenters. The van der Waals surface area contributed by atoms with Crippen molar-refractivity contribution in [2.75, 3.05) is 0 Å². The number of nitrogens with one attached hydrogen (secondary N) is 2. The number of rotatable bonds is 8. The molecule has 0 radical (unpaired) electrons. The molecule has 1 heterocycles. The van der Waals surface area contributed by atoms with Crippen LogP contribution in [0.1, 0.15) is 31.1 Å². The van der Waals surface area contributed by atoms with Gasteiger partial charge in [-0.25, -0.2) is 0 Å². The maximum Gasteiger partial charge on any atom is 0.243 e. The molecule has 23 heavy (non-hydrogen) atoms. The predicted molar refractivity (Wildman–Crippen MR) is 87.5 cm³/mol. The smallest absolute Gasteiger partial charge is 0.243 e. The number of carbonyl (C=O) groups is 2. The molecular formula is C18H22N2O3. The zero-order valence-corrected chi connectivity index (χ0v) is 13.2. The third-order valence-corrected chi connectivity index (χ3v) is 3.43. The Morgan fingerprint density at radius 2 is 1.91 bits per heavy atom. The first-order valence-corrected chi connectivity index (χ1v) is 7.82. The van der Waals surface area contributed by atoms with Crippen LogP contribution in [0.15, 0.2) is 53.1 Å². The summed E-state index contributed by atoms with van der Waals surface area (Å²) in [5, 5.41) is 5.62. The monoisotopic (exact) mass is 314 g/mol. The van der Waals surface area contributed by atoms with Crippen LogP contribution < -0.4 is 10.6 Å². The largest absolute Gasteiger partial charge is 0.467 e. The summed E-state index contributed by atoms with van der Waals surface area (Å²) in [7, 11) is 0. The van der Waals surface area contributed by atoms with Gasteiger partial charge in [-0.05, 0) is 24.1 Å². The first-order chi connectivity index (χ1) is 11.2. The van der Waals surface area contributed by atoms with E-state index in [2.05, 4.69) is 10.6 Å². The number of furan rings is 1. The standard InChI is InChI=1S/C18H22N2O3/c1-2-7-17(21)20-16(12-14-8-4-3-5-9-14)18(22)19-13-15-10-6-11-23-15/h3-6,8-11,16H,2,7,12-13H2,1H3,(H,19,22)(H,20,21)/t16-/m0/s1. The normalized spacial score (nSPS) is 11.7. The molecule has 5 nitrogen and oxygen atoms in total. The highest BCUT2D eigenvalue weighted by Crippen LogP contribution is 2.05. The van der Waals surface area contributed by atoms with Crippen molar-refractivity contribution in [3.8, 4) is 0 Å². The number of hydrogen-bond donors (Lipinski definition) is 2. The van der Waals surface area contributed by atoms with Crippen molar-refractivity contribution < 1.29 is 14.0 Å². The van der Waals surface area contributed by atoms with Crippen molar-refractivity contribution in [3.05, 3.63) is 60.1 Å². The summed E-state index contributed by atoms with van der Waals surface area (Å²) in [5.41, 5.74) is 1.00. The fraction of sp³-hybridized carbons (Fsp3) is 0.333. The summed E-state index contributed by atoms with van der Waals surface area (Å²) in [6.45, 7) is 2.24. The van der Waals surface area contributed by atoms with Crippen LogP contribution >= 0.6 is 0 Å². The van der Waals surface area contributed by atoms with E-state index in [1.54, 1.807) is 18.4 Å². The lowest BCUT2D eigenvalue weighted by atomic mass is 10.0. The van der Waals surface area contributed by atoms with E-state index in [1.807, 2.05) is 37.3 Å². The van der Waals surface area contributed by atoms with Crippen LogP contribution in [-0.4, -0.2) is 17.9 Å². The summed E-state index contributed by atoms with van der Waals surface area (Å²) in [4.78, 5) is 24.3. The second kappa shape index (κ2) is 8.78. The molecule has 2 rings (SSSR count). The lowest BCUT2D eigenvalue weighted by Gasteiger charge is -2.18. The molecule has 2 N–H and O–H groups in total. The van der Waals surface area contributed by atoms with Gasteiger partial charge in [0.05, 0.1) is 12.8 Å². The van der Waals surface area contributed by atoms with Crippen LogP contribution in [0.2, 0.25) is 0 Å². The molecule has 1 aromatic heterocycles. The van der Waals surface area contributed by atoms with Gasteiger partial charge in [-0.15, -0.1) is 0 Å². The Morgan fingerprint density at radius 1 is 1.13 bits per heavy atom. The van der Waals surface area contributed by atoms with Crippen LogP contribution in [0, 0.1) is 0 Å². The van der Waals surface area contributed by atoms with E-state index in [-0.39, 0.29) is 11.8 Å². The molecule has 2 amide bonds. The molecule has 0 aliphatic heterocycles. The molecule has 0 saturated heterocycles. The van der Waals surface area contributed by atoms with Crippen LogP contribution in [0.4, 0.5) is 0 Å². The molecule has 0 bridgehead atoms. The van der Waals surface area contributed by atoms with E-state index >= 15 is 0 Å². The minimum atomic E-state index is -0.591. The Bertz CT molecular complexity index is 608. The zero-order valence-electron chi connectivity index (χ0n) is 13.2. The summed E-state index contributed by atoms with van der Waals surface area (Å²) in [6.07, 6.45) is 3.18. The van der Waals surface area contributed by atoms with Gasteiger partial charge in [-0.3, -0.25) is 9.59 Å². The second-order valence-corrected chi connectivity index (χ2v) is 5.36. The molecule has 2 aromatic rings. The van der Waals surface area contributed by atoms with E-state index in [0.717, 1.165) is 12.0 Å². The van der Waals surface area contributed by atoms with Crippen LogP contribution in [0.3, 0.4) is 0 Å². The Labute approximate surface area is 136 Å².